The molecule has 12 heteroatoms. The molecular formula is C20H16ClF3N2O6. The van der Waals surface area contributed by atoms with Crippen LogP contribution in [-0.2, 0) is 30.0 Å². The van der Waals surface area contributed by atoms with Crippen molar-refractivity contribution >= 4 is 29.2 Å². The van der Waals surface area contributed by atoms with Gasteiger partial charge in [0, 0.05) is 6.20 Å². The average Bonchev–Trinajstić information content (AvgIpc) is 2.78. The fraction of sp³-hybridized carbons (Fsp3) is 0.250. The number of aromatic nitrogens is 1. The molecule has 0 atom stereocenters. The summed E-state index contributed by atoms with van der Waals surface area (Å²) in [4.78, 5) is 29.6. The van der Waals surface area contributed by atoms with Crippen LogP contribution in [0.15, 0.2) is 47.8 Å². The minimum Gasteiger partial charge on any atom is -0.466 e. The quantitative estimate of drug-likeness (QED) is 0.605. The molecule has 2 aromatic rings. The Hall–Kier alpha value is -3.31. The number of nitrogens with zero attached hydrogens (tertiary/aromatic N) is 2. The van der Waals surface area contributed by atoms with Crippen molar-refractivity contribution in [3.63, 3.8) is 0 Å². The third kappa shape index (κ3) is 4.78. The van der Waals surface area contributed by atoms with Crippen molar-refractivity contribution in [2.24, 2.45) is 0 Å². The van der Waals surface area contributed by atoms with E-state index in [4.69, 9.17) is 30.5 Å². The van der Waals surface area contributed by atoms with E-state index in [9.17, 15) is 22.8 Å². The monoisotopic (exact) mass is 472 g/mol. The molecule has 0 bridgehead atoms. The van der Waals surface area contributed by atoms with E-state index in [-0.39, 0.29) is 46.9 Å². The first-order valence-electron chi connectivity index (χ1n) is 8.92. The molecule has 170 valence electrons. The van der Waals surface area contributed by atoms with Gasteiger partial charge in [0.15, 0.2) is 5.75 Å². The number of benzene rings is 1. The molecule has 0 spiro atoms. The number of para-hydroxylation sites is 2. The largest absolute Gasteiger partial charge is 0.466 e. The molecule has 0 radical (unpaired) electrons. The lowest BCUT2D eigenvalue weighted by molar-refractivity contribution is -0.140. The first kappa shape index (κ1) is 23.4. The number of carbonyl (C=O) groups excluding carboxylic acids is 2. The molecule has 1 aromatic carbocycles. The van der Waals surface area contributed by atoms with Crippen LogP contribution in [0.2, 0.25) is 5.02 Å². The van der Waals surface area contributed by atoms with Crippen LogP contribution < -0.4 is 9.64 Å². The van der Waals surface area contributed by atoms with Crippen LogP contribution in [0.25, 0.3) is 0 Å². The Kier molecular flexibility index (Phi) is 6.90. The summed E-state index contributed by atoms with van der Waals surface area (Å²) in [5, 5.41) is -0.372. The second kappa shape index (κ2) is 9.45. The van der Waals surface area contributed by atoms with Gasteiger partial charge in [-0.15, -0.1) is 0 Å². The number of esters is 2. The third-order valence-electron chi connectivity index (χ3n) is 4.33. The van der Waals surface area contributed by atoms with Gasteiger partial charge < -0.3 is 23.8 Å². The Morgan fingerprint density at radius 3 is 2.47 bits per heavy atom. The molecule has 2 heterocycles. The van der Waals surface area contributed by atoms with Crippen molar-refractivity contribution in [1.29, 1.82) is 0 Å². The van der Waals surface area contributed by atoms with Crippen LogP contribution in [-0.4, -0.2) is 44.5 Å². The van der Waals surface area contributed by atoms with Crippen molar-refractivity contribution in [2.75, 3.05) is 32.5 Å². The normalized spacial score (nSPS) is 14.2. The Bertz CT molecular complexity index is 1070. The van der Waals surface area contributed by atoms with Gasteiger partial charge in [0.25, 0.3) is 0 Å². The highest BCUT2D eigenvalue weighted by Gasteiger charge is 2.34. The van der Waals surface area contributed by atoms with Gasteiger partial charge in [-0.3, -0.25) is 0 Å². The van der Waals surface area contributed by atoms with Crippen molar-refractivity contribution in [3.05, 3.63) is 58.4 Å². The van der Waals surface area contributed by atoms with Crippen LogP contribution in [0, 0.1) is 0 Å². The first-order chi connectivity index (χ1) is 15.2. The summed E-state index contributed by atoms with van der Waals surface area (Å²) < 4.78 is 59.2. The van der Waals surface area contributed by atoms with Crippen LogP contribution >= 0.6 is 11.6 Å². The van der Waals surface area contributed by atoms with Crippen molar-refractivity contribution in [1.82, 2.24) is 4.98 Å². The number of hydrogen-bond acceptors (Lipinski definition) is 8. The van der Waals surface area contributed by atoms with E-state index in [1.807, 2.05) is 0 Å². The molecule has 32 heavy (non-hydrogen) atoms. The van der Waals surface area contributed by atoms with Gasteiger partial charge in [-0.05, 0) is 18.2 Å². The van der Waals surface area contributed by atoms with E-state index in [2.05, 4.69) is 4.98 Å². The summed E-state index contributed by atoms with van der Waals surface area (Å²) in [5.41, 5.74) is -1.00. The molecule has 0 fully saturated rings. The Morgan fingerprint density at radius 2 is 1.84 bits per heavy atom. The van der Waals surface area contributed by atoms with Gasteiger partial charge >= 0.3 is 18.1 Å². The Labute approximate surface area is 185 Å². The maximum Gasteiger partial charge on any atom is 0.417 e. The van der Waals surface area contributed by atoms with Crippen LogP contribution in [0.5, 0.6) is 11.6 Å². The molecule has 0 saturated heterocycles. The van der Waals surface area contributed by atoms with Crippen LogP contribution in [0.1, 0.15) is 5.56 Å². The standard InChI is InChI=1S/C20H16ClF3N2O6/c1-29-18(27)12-9-31-10-26(16(12)19(28)30-2)14-5-3-4-6-15(14)32-17-13(21)7-11(8-25-17)20(22,23)24/h3-8H,9-10H2,1-2H3. The zero-order chi connectivity index (χ0) is 23.5. The van der Waals surface area contributed by atoms with Crippen LogP contribution in [0.4, 0.5) is 18.9 Å². The lowest BCUT2D eigenvalue weighted by Crippen LogP contribution is -2.38. The van der Waals surface area contributed by atoms with Gasteiger partial charge in [0.05, 0.1) is 37.7 Å². The summed E-state index contributed by atoms with van der Waals surface area (Å²) in [6, 6.07) is 6.91. The maximum absolute atomic E-state index is 12.9. The van der Waals surface area contributed by atoms with E-state index >= 15 is 0 Å². The first-order valence-corrected chi connectivity index (χ1v) is 9.29. The highest BCUT2D eigenvalue weighted by molar-refractivity contribution is 6.31. The molecule has 3 rings (SSSR count). The van der Waals surface area contributed by atoms with Gasteiger partial charge in [0.2, 0.25) is 5.88 Å². The predicted molar refractivity (Wildman–Crippen MR) is 105 cm³/mol. The third-order valence-corrected chi connectivity index (χ3v) is 4.60. The smallest absolute Gasteiger partial charge is 0.417 e. The number of hydrogen-bond donors (Lipinski definition) is 0. The van der Waals surface area contributed by atoms with E-state index in [1.54, 1.807) is 18.2 Å². The molecule has 1 aliphatic rings. The zero-order valence-electron chi connectivity index (χ0n) is 16.7. The number of halogens is 4. The molecule has 0 saturated carbocycles. The molecule has 0 N–H and O–H groups in total. The number of ether oxygens (including phenoxy) is 4. The molecular weight excluding hydrogens is 457 g/mol. The fourth-order valence-corrected chi connectivity index (χ4v) is 3.06. The van der Waals surface area contributed by atoms with Gasteiger partial charge in [-0.2, -0.15) is 13.2 Å². The fourth-order valence-electron chi connectivity index (χ4n) is 2.86. The Morgan fingerprint density at radius 1 is 1.16 bits per heavy atom. The second-order valence-electron chi connectivity index (χ2n) is 6.29. The molecule has 1 aromatic heterocycles. The number of anilines is 1. The van der Waals surface area contributed by atoms with Gasteiger partial charge in [0.1, 0.15) is 17.5 Å². The maximum atomic E-state index is 12.9. The lowest BCUT2D eigenvalue weighted by atomic mass is 10.1. The highest BCUT2D eigenvalue weighted by Crippen LogP contribution is 2.39. The average molecular weight is 473 g/mol. The summed E-state index contributed by atoms with van der Waals surface area (Å²) in [6.45, 7) is -0.345. The van der Waals surface area contributed by atoms with Gasteiger partial charge in [-0.25, -0.2) is 14.6 Å². The Balaban J connectivity index is 2.04. The lowest BCUT2D eigenvalue weighted by Gasteiger charge is -2.32. The number of rotatable bonds is 5. The van der Waals surface area contributed by atoms with E-state index in [0.717, 1.165) is 14.2 Å². The summed E-state index contributed by atoms with van der Waals surface area (Å²) in [5.74, 6) is -1.82. The molecule has 0 aliphatic carbocycles. The predicted octanol–water partition coefficient (Wildman–Crippen LogP) is 3.94. The molecule has 1 aliphatic heterocycles. The van der Waals surface area contributed by atoms with Crippen molar-refractivity contribution in [3.8, 4) is 11.6 Å². The summed E-state index contributed by atoms with van der Waals surface area (Å²) >= 11 is 5.94. The number of alkyl halides is 3. The van der Waals surface area contributed by atoms with Crippen molar-refractivity contribution < 1.29 is 41.7 Å². The zero-order valence-corrected chi connectivity index (χ0v) is 17.5. The molecule has 0 unspecified atom stereocenters. The van der Waals surface area contributed by atoms with Crippen LogP contribution in [0.3, 0.4) is 0 Å². The topological polar surface area (TPSA) is 87.2 Å². The molecule has 8 nitrogen and oxygen atoms in total. The number of carbonyl (C=O) groups is 2. The van der Waals surface area contributed by atoms with E-state index in [0.29, 0.717) is 12.3 Å². The summed E-state index contributed by atoms with van der Waals surface area (Å²) in [7, 11) is 2.30. The minimum absolute atomic E-state index is 0.0777. The van der Waals surface area contributed by atoms with E-state index < -0.39 is 23.7 Å². The van der Waals surface area contributed by atoms with Gasteiger partial charge in [-0.1, -0.05) is 23.7 Å². The molecule has 0 amide bonds. The van der Waals surface area contributed by atoms with Crippen molar-refractivity contribution in [2.45, 2.75) is 6.18 Å². The second-order valence-corrected chi connectivity index (χ2v) is 6.70. The number of pyridine rings is 1. The number of methoxy groups -OCH3 is 2. The SMILES string of the molecule is COC(=O)C1=C(C(=O)OC)N(c2ccccc2Oc2ncc(C(F)(F)F)cc2Cl)COC1. The minimum atomic E-state index is -4.62. The summed E-state index contributed by atoms with van der Waals surface area (Å²) in [6.07, 6.45) is -4.04. The van der Waals surface area contributed by atoms with E-state index in [1.165, 1.54) is 11.0 Å². The highest BCUT2D eigenvalue weighted by atomic mass is 35.5.